The summed E-state index contributed by atoms with van der Waals surface area (Å²) in [4.78, 5) is 19.7. The van der Waals surface area contributed by atoms with Gasteiger partial charge in [0.15, 0.2) is 11.5 Å². The molecule has 1 unspecified atom stereocenters. The van der Waals surface area contributed by atoms with Gasteiger partial charge < -0.3 is 29.0 Å². The van der Waals surface area contributed by atoms with Gasteiger partial charge in [0.05, 0.1) is 20.8 Å². The first-order chi connectivity index (χ1) is 14.8. The van der Waals surface area contributed by atoms with E-state index in [9.17, 15) is 4.79 Å². The number of carbonyl (C=O) groups is 1. The van der Waals surface area contributed by atoms with Crippen molar-refractivity contribution in [2.75, 3.05) is 32.7 Å². The molecule has 0 radical (unpaired) electrons. The van der Waals surface area contributed by atoms with Gasteiger partial charge in [-0.3, -0.25) is 4.79 Å². The number of amides is 1. The van der Waals surface area contributed by atoms with Gasteiger partial charge >= 0.3 is 0 Å². The number of hydrogen-bond acceptors (Lipinski definition) is 6. The van der Waals surface area contributed by atoms with E-state index < -0.39 is 0 Å². The van der Waals surface area contributed by atoms with Crippen LogP contribution in [0.4, 0.5) is 5.82 Å². The van der Waals surface area contributed by atoms with Crippen LogP contribution in [0.1, 0.15) is 39.4 Å². The summed E-state index contributed by atoms with van der Waals surface area (Å²) in [6.07, 6.45) is 1.44. The van der Waals surface area contributed by atoms with Crippen molar-refractivity contribution in [2.45, 2.75) is 58.3 Å². The second-order valence-electron chi connectivity index (χ2n) is 9.08. The fraction of sp³-hybridized carbons (Fsp3) is 0.565. The van der Waals surface area contributed by atoms with Crippen molar-refractivity contribution in [1.82, 2.24) is 14.5 Å². The van der Waals surface area contributed by atoms with Crippen molar-refractivity contribution >= 4 is 11.7 Å². The Morgan fingerprint density at radius 1 is 1.19 bits per heavy atom. The molecular formula is C23H32N4O4. The van der Waals surface area contributed by atoms with Crippen LogP contribution in [-0.2, 0) is 22.6 Å². The van der Waals surface area contributed by atoms with E-state index in [2.05, 4.69) is 30.7 Å². The smallest absolute Gasteiger partial charge is 0.252 e. The number of imidazole rings is 1. The van der Waals surface area contributed by atoms with Crippen LogP contribution >= 0.6 is 0 Å². The molecule has 0 spiro atoms. The maximum Gasteiger partial charge on any atom is 0.252 e. The molecule has 1 amide bonds. The summed E-state index contributed by atoms with van der Waals surface area (Å²) in [6.45, 7) is 8.86. The van der Waals surface area contributed by atoms with E-state index >= 15 is 0 Å². The summed E-state index contributed by atoms with van der Waals surface area (Å²) >= 11 is 0. The van der Waals surface area contributed by atoms with Crippen LogP contribution in [0, 0.1) is 0 Å². The molecule has 1 fully saturated rings. The van der Waals surface area contributed by atoms with Crippen LogP contribution in [0.5, 0.6) is 11.5 Å². The monoisotopic (exact) mass is 428 g/mol. The zero-order valence-corrected chi connectivity index (χ0v) is 19.0. The molecule has 31 heavy (non-hydrogen) atoms. The fourth-order valence-corrected chi connectivity index (χ4v) is 4.16. The molecule has 1 N–H and O–H groups in total. The van der Waals surface area contributed by atoms with Gasteiger partial charge in [0.1, 0.15) is 23.4 Å². The van der Waals surface area contributed by atoms with Gasteiger partial charge in [-0.1, -0.05) is 0 Å². The van der Waals surface area contributed by atoms with E-state index in [1.807, 2.05) is 23.1 Å². The van der Waals surface area contributed by atoms with E-state index in [1.165, 1.54) is 0 Å². The third kappa shape index (κ3) is 4.35. The number of ether oxygens (including phenoxy) is 3. The highest BCUT2D eigenvalue weighted by Gasteiger charge is 2.33. The number of methoxy groups -OCH3 is 2. The van der Waals surface area contributed by atoms with Crippen molar-refractivity contribution < 1.29 is 19.0 Å². The van der Waals surface area contributed by atoms with Gasteiger partial charge in [-0.05, 0) is 51.8 Å². The van der Waals surface area contributed by atoms with Gasteiger partial charge in [-0.15, -0.1) is 0 Å². The lowest BCUT2D eigenvalue weighted by molar-refractivity contribution is -0.142. The summed E-state index contributed by atoms with van der Waals surface area (Å²) in [5.74, 6) is 3.23. The summed E-state index contributed by atoms with van der Waals surface area (Å²) in [7, 11) is 3.25. The SMILES string of the molecule is COc1ccc(-c2nc3n(c2NC(C)(C)C)CCN(C(=O)C2CCCO2)C3)cc1OC. The molecule has 8 nitrogen and oxygen atoms in total. The highest BCUT2D eigenvalue weighted by Crippen LogP contribution is 2.37. The predicted molar refractivity (Wildman–Crippen MR) is 119 cm³/mol. The molecule has 2 aliphatic rings. The number of hydrogen-bond donors (Lipinski definition) is 1. The van der Waals surface area contributed by atoms with Crippen molar-refractivity contribution in [3.63, 3.8) is 0 Å². The molecule has 1 aromatic carbocycles. The Morgan fingerprint density at radius 2 is 1.97 bits per heavy atom. The Morgan fingerprint density at radius 3 is 2.61 bits per heavy atom. The lowest BCUT2D eigenvalue weighted by Gasteiger charge is -2.31. The van der Waals surface area contributed by atoms with Crippen molar-refractivity contribution in [3.8, 4) is 22.8 Å². The molecule has 168 valence electrons. The maximum atomic E-state index is 12.9. The fourth-order valence-electron chi connectivity index (χ4n) is 4.16. The molecule has 8 heteroatoms. The first-order valence-corrected chi connectivity index (χ1v) is 10.8. The third-order valence-corrected chi connectivity index (χ3v) is 5.64. The number of benzene rings is 1. The topological polar surface area (TPSA) is 77.9 Å². The summed E-state index contributed by atoms with van der Waals surface area (Å²) in [5.41, 5.74) is 1.63. The van der Waals surface area contributed by atoms with Crippen LogP contribution in [0.2, 0.25) is 0 Å². The minimum absolute atomic E-state index is 0.0738. The van der Waals surface area contributed by atoms with Gasteiger partial charge in [0.25, 0.3) is 5.91 Å². The van der Waals surface area contributed by atoms with Crippen molar-refractivity contribution in [3.05, 3.63) is 24.0 Å². The average Bonchev–Trinajstić information content (AvgIpc) is 3.40. The van der Waals surface area contributed by atoms with E-state index in [1.54, 1.807) is 14.2 Å². The third-order valence-electron chi connectivity index (χ3n) is 5.64. The molecule has 2 aliphatic heterocycles. The molecule has 0 aliphatic carbocycles. The minimum atomic E-state index is -0.306. The van der Waals surface area contributed by atoms with Gasteiger partial charge in [-0.25, -0.2) is 4.98 Å². The number of carbonyl (C=O) groups excluding carboxylic acids is 1. The largest absolute Gasteiger partial charge is 0.493 e. The average molecular weight is 429 g/mol. The Labute approximate surface area is 183 Å². The molecule has 2 aromatic rings. The second-order valence-corrected chi connectivity index (χ2v) is 9.08. The van der Waals surface area contributed by atoms with Crippen molar-refractivity contribution in [2.24, 2.45) is 0 Å². The highest BCUT2D eigenvalue weighted by atomic mass is 16.5. The van der Waals surface area contributed by atoms with E-state index in [0.717, 1.165) is 35.7 Å². The second kappa shape index (κ2) is 8.42. The van der Waals surface area contributed by atoms with Crippen LogP contribution < -0.4 is 14.8 Å². The Kier molecular flexibility index (Phi) is 5.83. The van der Waals surface area contributed by atoms with Crippen LogP contribution in [-0.4, -0.2) is 59.4 Å². The van der Waals surface area contributed by atoms with Crippen LogP contribution in [0.25, 0.3) is 11.3 Å². The number of nitrogens with one attached hydrogen (secondary N) is 1. The van der Waals surface area contributed by atoms with Gasteiger partial charge in [0.2, 0.25) is 0 Å². The van der Waals surface area contributed by atoms with E-state index in [-0.39, 0.29) is 17.6 Å². The first kappa shape index (κ1) is 21.5. The molecule has 0 bridgehead atoms. The molecule has 3 heterocycles. The maximum absolute atomic E-state index is 12.9. The molecule has 1 aromatic heterocycles. The van der Waals surface area contributed by atoms with Crippen LogP contribution in [0.3, 0.4) is 0 Å². The summed E-state index contributed by atoms with van der Waals surface area (Å²) in [6, 6.07) is 5.82. The first-order valence-electron chi connectivity index (χ1n) is 10.8. The number of nitrogens with zero attached hydrogens (tertiary/aromatic N) is 3. The standard InChI is InChI=1S/C23H32N4O4/c1-23(2,3)25-21-20(15-8-9-16(29-4)18(13-15)30-5)24-19-14-26(10-11-27(19)21)22(28)17-7-6-12-31-17/h8-9,13,17,25H,6-7,10-12,14H2,1-5H3. The van der Waals surface area contributed by atoms with E-state index in [0.29, 0.717) is 37.7 Å². The quantitative estimate of drug-likeness (QED) is 0.787. The Hall–Kier alpha value is -2.74. The zero-order chi connectivity index (χ0) is 22.2. The number of anilines is 1. The zero-order valence-electron chi connectivity index (χ0n) is 19.0. The molecule has 1 atom stereocenters. The highest BCUT2D eigenvalue weighted by molar-refractivity contribution is 5.81. The van der Waals surface area contributed by atoms with Gasteiger partial charge in [0, 0.05) is 30.8 Å². The lowest BCUT2D eigenvalue weighted by Crippen LogP contribution is -2.43. The predicted octanol–water partition coefficient (Wildman–Crippen LogP) is 3.30. The summed E-state index contributed by atoms with van der Waals surface area (Å²) < 4.78 is 18.7. The van der Waals surface area contributed by atoms with Crippen LogP contribution in [0.15, 0.2) is 18.2 Å². The Bertz CT molecular complexity index is 957. The normalized spacial score (nSPS) is 18.6. The van der Waals surface area contributed by atoms with Crippen molar-refractivity contribution in [1.29, 1.82) is 0 Å². The molecular weight excluding hydrogens is 396 g/mol. The Balaban J connectivity index is 1.70. The molecule has 0 saturated carbocycles. The summed E-state index contributed by atoms with van der Waals surface area (Å²) in [5, 5.41) is 3.62. The molecule has 4 rings (SSSR count). The number of aromatic nitrogens is 2. The number of fused-ring (bicyclic) bond motifs is 1. The van der Waals surface area contributed by atoms with E-state index in [4.69, 9.17) is 19.2 Å². The number of rotatable bonds is 5. The minimum Gasteiger partial charge on any atom is -0.493 e. The molecule has 1 saturated heterocycles. The lowest BCUT2D eigenvalue weighted by atomic mass is 10.1. The van der Waals surface area contributed by atoms with Gasteiger partial charge in [-0.2, -0.15) is 0 Å².